The van der Waals surface area contributed by atoms with Gasteiger partial charge in [-0.3, -0.25) is 4.90 Å². The molecule has 0 heterocycles. The molecule has 0 aliphatic rings. The second-order valence-corrected chi connectivity index (χ2v) is 4.25. The lowest BCUT2D eigenvalue weighted by atomic mass is 10.2. The van der Waals surface area contributed by atoms with Crippen molar-refractivity contribution in [2.45, 2.75) is 39.7 Å². The summed E-state index contributed by atoms with van der Waals surface area (Å²) in [5.74, 6) is 6.51. The molecule has 1 aromatic rings. The molecular weight excluding hydrogens is 206 g/mol. The van der Waals surface area contributed by atoms with Gasteiger partial charge < -0.3 is 0 Å². The molecule has 0 spiro atoms. The van der Waals surface area contributed by atoms with Gasteiger partial charge in [-0.15, -0.1) is 5.92 Å². The lowest BCUT2D eigenvalue weighted by Gasteiger charge is -2.17. The van der Waals surface area contributed by atoms with E-state index in [-0.39, 0.29) is 0 Å². The Morgan fingerprint density at radius 3 is 2.47 bits per heavy atom. The first-order chi connectivity index (χ1) is 8.36. The molecule has 1 nitrogen and oxygen atoms in total. The predicted molar refractivity (Wildman–Crippen MR) is 74.7 cm³/mol. The van der Waals surface area contributed by atoms with Crippen LogP contribution < -0.4 is 0 Å². The zero-order chi connectivity index (χ0) is 12.3. The van der Waals surface area contributed by atoms with E-state index in [9.17, 15) is 0 Å². The molecule has 0 radical (unpaired) electrons. The van der Waals surface area contributed by atoms with Gasteiger partial charge in [0.05, 0.1) is 6.54 Å². The van der Waals surface area contributed by atoms with Crippen molar-refractivity contribution in [1.82, 2.24) is 4.90 Å². The Bertz CT molecular complexity index is 345. The Kier molecular flexibility index (Phi) is 7.18. The van der Waals surface area contributed by atoms with E-state index < -0.39 is 0 Å². The summed E-state index contributed by atoms with van der Waals surface area (Å²) in [4.78, 5) is 2.37. The van der Waals surface area contributed by atoms with E-state index in [1.54, 1.807) is 0 Å². The largest absolute Gasteiger partial charge is 0.288 e. The zero-order valence-electron chi connectivity index (χ0n) is 11.1. The van der Waals surface area contributed by atoms with Crippen LogP contribution in [0.1, 0.15) is 38.7 Å². The normalized spacial score (nSPS) is 10.1. The van der Waals surface area contributed by atoms with E-state index in [2.05, 4.69) is 60.9 Å². The van der Waals surface area contributed by atoms with Crippen molar-refractivity contribution in [2.75, 3.05) is 13.1 Å². The van der Waals surface area contributed by atoms with Gasteiger partial charge in [-0.05, 0) is 18.5 Å². The molecule has 1 heteroatoms. The Morgan fingerprint density at radius 1 is 1.06 bits per heavy atom. The standard InChI is InChI=1S/C16H23N/c1-3-5-6-7-11-14-17(4-2)15-16-12-9-8-10-13-16/h8-10,12-13H,3-6,14-15H2,1-2H3. The van der Waals surface area contributed by atoms with Crippen LogP contribution in [-0.2, 0) is 6.54 Å². The highest BCUT2D eigenvalue weighted by atomic mass is 15.1. The first-order valence-corrected chi connectivity index (χ1v) is 6.58. The first-order valence-electron chi connectivity index (χ1n) is 6.58. The van der Waals surface area contributed by atoms with Crippen LogP contribution in [0.4, 0.5) is 0 Å². The molecule has 0 atom stereocenters. The number of rotatable bonds is 6. The molecule has 0 aromatic heterocycles. The van der Waals surface area contributed by atoms with Gasteiger partial charge in [-0.25, -0.2) is 0 Å². The summed E-state index contributed by atoms with van der Waals surface area (Å²) in [6.07, 6.45) is 3.49. The number of unbranched alkanes of at least 4 members (excludes halogenated alkanes) is 2. The van der Waals surface area contributed by atoms with Gasteiger partial charge in [0.15, 0.2) is 0 Å². The molecule has 1 rings (SSSR count). The molecule has 0 bridgehead atoms. The minimum absolute atomic E-state index is 0.884. The smallest absolute Gasteiger partial charge is 0.0604 e. The monoisotopic (exact) mass is 229 g/mol. The van der Waals surface area contributed by atoms with E-state index in [0.717, 1.165) is 26.1 Å². The van der Waals surface area contributed by atoms with Crippen LogP contribution in [0.2, 0.25) is 0 Å². The van der Waals surface area contributed by atoms with E-state index in [4.69, 9.17) is 0 Å². The summed E-state index contributed by atoms with van der Waals surface area (Å²) < 4.78 is 0. The van der Waals surface area contributed by atoms with Crippen LogP contribution in [0.15, 0.2) is 30.3 Å². The zero-order valence-corrected chi connectivity index (χ0v) is 11.1. The van der Waals surface area contributed by atoms with Crippen molar-refractivity contribution in [1.29, 1.82) is 0 Å². The highest BCUT2D eigenvalue weighted by Crippen LogP contribution is 2.03. The second-order valence-electron chi connectivity index (χ2n) is 4.25. The first kappa shape index (κ1) is 13.8. The third-order valence-electron chi connectivity index (χ3n) is 2.78. The Morgan fingerprint density at radius 2 is 1.82 bits per heavy atom. The van der Waals surface area contributed by atoms with Crippen molar-refractivity contribution in [3.8, 4) is 11.8 Å². The fraction of sp³-hybridized carbons (Fsp3) is 0.500. The van der Waals surface area contributed by atoms with Crippen LogP contribution in [0.5, 0.6) is 0 Å². The average molecular weight is 229 g/mol. The molecule has 0 fully saturated rings. The minimum Gasteiger partial charge on any atom is -0.288 e. The maximum atomic E-state index is 3.27. The van der Waals surface area contributed by atoms with E-state index in [1.165, 1.54) is 18.4 Å². The molecule has 0 aliphatic heterocycles. The summed E-state index contributed by atoms with van der Waals surface area (Å²) in [6, 6.07) is 10.6. The number of nitrogens with zero attached hydrogens (tertiary/aromatic N) is 1. The summed E-state index contributed by atoms with van der Waals surface area (Å²) in [7, 11) is 0. The van der Waals surface area contributed by atoms with Crippen LogP contribution in [-0.4, -0.2) is 18.0 Å². The quantitative estimate of drug-likeness (QED) is 0.531. The predicted octanol–water partition coefficient (Wildman–Crippen LogP) is 3.70. The molecule has 0 saturated heterocycles. The highest BCUT2D eigenvalue weighted by molar-refractivity contribution is 5.14. The van der Waals surface area contributed by atoms with Crippen molar-refractivity contribution in [2.24, 2.45) is 0 Å². The van der Waals surface area contributed by atoms with Gasteiger partial charge in [-0.1, -0.05) is 56.5 Å². The third kappa shape index (κ3) is 6.14. The molecule has 0 unspecified atom stereocenters. The van der Waals surface area contributed by atoms with Crippen LogP contribution in [0.25, 0.3) is 0 Å². The van der Waals surface area contributed by atoms with E-state index in [1.807, 2.05) is 0 Å². The summed E-state index contributed by atoms with van der Waals surface area (Å²) in [5.41, 5.74) is 1.37. The maximum absolute atomic E-state index is 3.27. The second kappa shape index (κ2) is 8.84. The van der Waals surface area contributed by atoms with Gasteiger partial charge in [-0.2, -0.15) is 0 Å². The van der Waals surface area contributed by atoms with Crippen molar-refractivity contribution in [3.63, 3.8) is 0 Å². The topological polar surface area (TPSA) is 3.24 Å². The average Bonchev–Trinajstić information content (AvgIpc) is 2.38. The number of hydrogen-bond acceptors (Lipinski definition) is 1. The lowest BCUT2D eigenvalue weighted by Crippen LogP contribution is -2.23. The molecule has 92 valence electrons. The lowest BCUT2D eigenvalue weighted by molar-refractivity contribution is 0.316. The molecule has 0 saturated carbocycles. The molecule has 0 aliphatic carbocycles. The van der Waals surface area contributed by atoms with E-state index >= 15 is 0 Å². The Hall–Kier alpha value is -1.26. The van der Waals surface area contributed by atoms with Crippen molar-refractivity contribution < 1.29 is 0 Å². The molecule has 1 aromatic carbocycles. The van der Waals surface area contributed by atoms with Crippen LogP contribution in [0, 0.1) is 11.8 Å². The van der Waals surface area contributed by atoms with Crippen molar-refractivity contribution >= 4 is 0 Å². The maximum Gasteiger partial charge on any atom is 0.0604 e. The van der Waals surface area contributed by atoms with E-state index in [0.29, 0.717) is 0 Å². The Balaban J connectivity index is 2.35. The van der Waals surface area contributed by atoms with Crippen molar-refractivity contribution in [3.05, 3.63) is 35.9 Å². The molecule has 17 heavy (non-hydrogen) atoms. The fourth-order valence-corrected chi connectivity index (χ4v) is 1.64. The van der Waals surface area contributed by atoms with Crippen LogP contribution >= 0.6 is 0 Å². The van der Waals surface area contributed by atoms with Gasteiger partial charge in [0.1, 0.15) is 0 Å². The Labute approximate surface area is 106 Å². The van der Waals surface area contributed by atoms with Gasteiger partial charge in [0, 0.05) is 13.0 Å². The summed E-state index contributed by atoms with van der Waals surface area (Å²) >= 11 is 0. The van der Waals surface area contributed by atoms with Crippen LogP contribution in [0.3, 0.4) is 0 Å². The highest BCUT2D eigenvalue weighted by Gasteiger charge is 2.00. The number of hydrogen-bond donors (Lipinski definition) is 0. The number of benzene rings is 1. The SMILES string of the molecule is CCCCC#CCN(CC)Cc1ccccc1. The van der Waals surface area contributed by atoms with Gasteiger partial charge in [0.2, 0.25) is 0 Å². The summed E-state index contributed by atoms with van der Waals surface area (Å²) in [5, 5.41) is 0. The fourth-order valence-electron chi connectivity index (χ4n) is 1.64. The van der Waals surface area contributed by atoms with Gasteiger partial charge in [0.25, 0.3) is 0 Å². The van der Waals surface area contributed by atoms with Gasteiger partial charge >= 0.3 is 0 Å². The summed E-state index contributed by atoms with van der Waals surface area (Å²) in [6.45, 7) is 7.33. The minimum atomic E-state index is 0.884. The molecule has 0 amide bonds. The molecule has 0 N–H and O–H groups in total. The molecular formula is C16H23N. The third-order valence-corrected chi connectivity index (χ3v) is 2.78.